The molecule has 2 atom stereocenters. The number of likely N-dealkylation sites (N-methyl/N-ethyl adjacent to an activating group) is 1. The number of aromatic nitrogens is 2. The van der Waals surface area contributed by atoms with Gasteiger partial charge in [-0.15, -0.1) is 0 Å². The Balaban J connectivity index is 1.10. The van der Waals surface area contributed by atoms with E-state index in [0.717, 1.165) is 32.0 Å². The molecule has 0 N–H and O–H groups in total. The topological polar surface area (TPSA) is 52.6 Å². The van der Waals surface area contributed by atoms with Gasteiger partial charge < -0.3 is 9.80 Å². The molecule has 1 aromatic rings. The summed E-state index contributed by atoms with van der Waals surface area (Å²) >= 11 is 0. The van der Waals surface area contributed by atoms with Crippen LogP contribution >= 0.6 is 0 Å². The molecule has 5 rings (SSSR count). The highest BCUT2D eigenvalue weighted by Crippen LogP contribution is 2.38. The first-order valence-corrected chi connectivity index (χ1v) is 13.1. The molecule has 0 spiro atoms. The van der Waals surface area contributed by atoms with E-state index in [1.165, 1.54) is 57.2 Å². The van der Waals surface area contributed by atoms with Crippen molar-refractivity contribution < 1.29 is 4.79 Å². The van der Waals surface area contributed by atoms with E-state index < -0.39 is 0 Å². The van der Waals surface area contributed by atoms with Crippen LogP contribution in [0.1, 0.15) is 77.2 Å². The third-order valence-corrected chi connectivity index (χ3v) is 8.76. The number of carbonyl (C=O) groups excluding carboxylic acids is 1. The highest BCUT2D eigenvalue weighted by atomic mass is 16.1. The molecule has 6 nitrogen and oxygen atoms in total. The molecular weight excluding hydrogens is 398 g/mol. The van der Waals surface area contributed by atoms with Crippen molar-refractivity contribution in [2.75, 3.05) is 37.6 Å². The van der Waals surface area contributed by atoms with Crippen LogP contribution in [-0.4, -0.2) is 76.4 Å². The van der Waals surface area contributed by atoms with Gasteiger partial charge >= 0.3 is 0 Å². The third-order valence-electron chi connectivity index (χ3n) is 8.76. The zero-order valence-electron chi connectivity index (χ0n) is 20.2. The number of piperidine rings is 1. The monoisotopic (exact) mass is 439 g/mol. The van der Waals surface area contributed by atoms with Crippen LogP contribution in [0.5, 0.6) is 0 Å². The van der Waals surface area contributed by atoms with Gasteiger partial charge in [0.15, 0.2) is 0 Å². The van der Waals surface area contributed by atoms with Crippen molar-refractivity contribution in [1.29, 1.82) is 0 Å². The van der Waals surface area contributed by atoms with Crippen molar-refractivity contribution in [2.45, 2.75) is 89.8 Å². The molecular formula is C26H41N5O. The minimum atomic E-state index is 0.189. The van der Waals surface area contributed by atoms with Crippen molar-refractivity contribution in [2.24, 2.45) is 11.8 Å². The first kappa shape index (κ1) is 22.3. The minimum Gasteiger partial charge on any atom is -0.332 e. The molecule has 3 saturated heterocycles. The van der Waals surface area contributed by atoms with Gasteiger partial charge in [0.25, 0.3) is 0 Å². The average molecular weight is 440 g/mol. The zero-order valence-corrected chi connectivity index (χ0v) is 20.2. The van der Waals surface area contributed by atoms with Gasteiger partial charge in [0.2, 0.25) is 5.95 Å². The predicted molar refractivity (Wildman–Crippen MR) is 128 cm³/mol. The van der Waals surface area contributed by atoms with Crippen molar-refractivity contribution in [3.63, 3.8) is 0 Å². The second-order valence-electron chi connectivity index (χ2n) is 11.1. The number of likely N-dealkylation sites (tertiary alicyclic amines) is 2. The first-order valence-electron chi connectivity index (χ1n) is 13.1. The van der Waals surface area contributed by atoms with E-state index in [1.54, 1.807) is 0 Å². The molecule has 4 heterocycles. The Morgan fingerprint density at radius 3 is 2.19 bits per heavy atom. The summed E-state index contributed by atoms with van der Waals surface area (Å²) in [7, 11) is 0. The smallest absolute Gasteiger partial charge is 0.225 e. The minimum absolute atomic E-state index is 0.189. The van der Waals surface area contributed by atoms with E-state index in [1.807, 2.05) is 13.8 Å². The largest absolute Gasteiger partial charge is 0.332 e. The van der Waals surface area contributed by atoms with Crippen LogP contribution < -0.4 is 4.90 Å². The maximum absolute atomic E-state index is 12.0. The quantitative estimate of drug-likeness (QED) is 0.645. The summed E-state index contributed by atoms with van der Waals surface area (Å²) in [6, 6.07) is 1.88. The number of carbonyl (C=O) groups is 1. The van der Waals surface area contributed by atoms with Gasteiger partial charge in [-0.05, 0) is 75.6 Å². The zero-order chi connectivity index (χ0) is 22.2. The fourth-order valence-electron chi connectivity index (χ4n) is 6.53. The maximum atomic E-state index is 12.0. The van der Waals surface area contributed by atoms with Crippen LogP contribution in [0.2, 0.25) is 0 Å². The summed E-state index contributed by atoms with van der Waals surface area (Å²) in [5.41, 5.74) is 1.32. The standard InChI is InChI=1S/C26H41N5O/c1-4-29-16-22-5-6-23(17-29)31(22)26-27-14-21(15-28-26)20-7-9-30(10-8-20)24-11-19(12-24)13-25(32)18(2)3/h14-15,18-20,22-24H,4-13,16-17H2,1-3H3/t19-,22?,23?,24-. The third kappa shape index (κ3) is 4.45. The van der Waals surface area contributed by atoms with Crippen molar-refractivity contribution in [3.05, 3.63) is 18.0 Å². The van der Waals surface area contributed by atoms with Crippen LogP contribution in [-0.2, 0) is 4.79 Å². The Morgan fingerprint density at radius 1 is 1.00 bits per heavy atom. The van der Waals surface area contributed by atoms with Crippen molar-refractivity contribution >= 4 is 11.7 Å². The number of nitrogens with zero attached hydrogens (tertiary/aromatic N) is 5. The number of hydrogen-bond donors (Lipinski definition) is 0. The lowest BCUT2D eigenvalue weighted by molar-refractivity contribution is -0.124. The van der Waals surface area contributed by atoms with E-state index in [2.05, 4.69) is 34.0 Å². The normalized spacial score (nSPS) is 31.8. The Morgan fingerprint density at radius 2 is 1.62 bits per heavy atom. The number of piperazine rings is 1. The molecule has 0 aromatic carbocycles. The number of fused-ring (bicyclic) bond motifs is 2. The van der Waals surface area contributed by atoms with Crippen LogP contribution in [0.25, 0.3) is 0 Å². The van der Waals surface area contributed by atoms with Crippen LogP contribution in [0, 0.1) is 11.8 Å². The summed E-state index contributed by atoms with van der Waals surface area (Å²) in [5.74, 6) is 2.80. The second-order valence-corrected chi connectivity index (χ2v) is 11.1. The van der Waals surface area contributed by atoms with Gasteiger partial charge in [0, 0.05) is 55.9 Å². The molecule has 4 aliphatic rings. The number of rotatable bonds is 7. The Bertz CT molecular complexity index is 768. The van der Waals surface area contributed by atoms with Crippen LogP contribution in [0.4, 0.5) is 5.95 Å². The highest BCUT2D eigenvalue weighted by molar-refractivity contribution is 5.80. The van der Waals surface area contributed by atoms with Gasteiger partial charge in [-0.25, -0.2) is 9.97 Å². The number of anilines is 1. The SMILES string of the molecule is CCN1CC2CCC(C1)N2c1ncc(C2CCN([C@H]3C[C@H](CC(=O)C(C)C)C3)CC2)cn1. The van der Waals surface area contributed by atoms with E-state index in [9.17, 15) is 4.79 Å². The van der Waals surface area contributed by atoms with Crippen molar-refractivity contribution in [3.8, 4) is 0 Å². The highest BCUT2D eigenvalue weighted by Gasteiger charge is 2.41. The second kappa shape index (κ2) is 9.38. The Hall–Kier alpha value is -1.53. The van der Waals surface area contributed by atoms with E-state index in [4.69, 9.17) is 9.97 Å². The average Bonchev–Trinajstić information content (AvgIpc) is 3.05. The van der Waals surface area contributed by atoms with E-state index in [0.29, 0.717) is 35.7 Å². The van der Waals surface area contributed by atoms with Crippen LogP contribution in [0.3, 0.4) is 0 Å². The Labute approximate surface area is 193 Å². The van der Waals surface area contributed by atoms with Crippen molar-refractivity contribution in [1.82, 2.24) is 19.8 Å². The van der Waals surface area contributed by atoms with Gasteiger partial charge in [0.05, 0.1) is 0 Å². The molecule has 0 radical (unpaired) electrons. The number of Topliss-reactive ketones (excluding diaryl/α,β-unsaturated/α-hetero) is 1. The molecule has 176 valence electrons. The molecule has 1 aromatic heterocycles. The fourth-order valence-corrected chi connectivity index (χ4v) is 6.53. The molecule has 4 fully saturated rings. The molecule has 1 aliphatic carbocycles. The lowest BCUT2D eigenvalue weighted by Crippen LogP contribution is -2.54. The molecule has 3 aliphatic heterocycles. The summed E-state index contributed by atoms with van der Waals surface area (Å²) < 4.78 is 0. The number of ketones is 1. The molecule has 2 unspecified atom stereocenters. The lowest BCUT2D eigenvalue weighted by atomic mass is 9.74. The molecule has 32 heavy (non-hydrogen) atoms. The molecule has 1 saturated carbocycles. The molecule has 0 amide bonds. The Kier molecular flexibility index (Phi) is 6.53. The predicted octanol–water partition coefficient (Wildman–Crippen LogP) is 3.72. The van der Waals surface area contributed by atoms with Crippen LogP contribution in [0.15, 0.2) is 12.4 Å². The number of hydrogen-bond acceptors (Lipinski definition) is 6. The summed E-state index contributed by atoms with van der Waals surface area (Å²) in [6.45, 7) is 12.1. The summed E-state index contributed by atoms with van der Waals surface area (Å²) in [4.78, 5) is 29.5. The summed E-state index contributed by atoms with van der Waals surface area (Å²) in [6.07, 6.45) is 12.4. The van der Waals surface area contributed by atoms with Gasteiger partial charge in [-0.2, -0.15) is 0 Å². The fraction of sp³-hybridized carbons (Fsp3) is 0.808. The molecule has 6 heteroatoms. The van der Waals surface area contributed by atoms with Gasteiger partial charge in [-0.3, -0.25) is 9.69 Å². The maximum Gasteiger partial charge on any atom is 0.225 e. The summed E-state index contributed by atoms with van der Waals surface area (Å²) in [5, 5.41) is 0. The van der Waals surface area contributed by atoms with Gasteiger partial charge in [-0.1, -0.05) is 20.8 Å². The molecule has 2 bridgehead atoms. The van der Waals surface area contributed by atoms with Gasteiger partial charge in [0.1, 0.15) is 5.78 Å². The van der Waals surface area contributed by atoms with E-state index in [-0.39, 0.29) is 5.92 Å². The first-order chi connectivity index (χ1) is 15.5. The van der Waals surface area contributed by atoms with E-state index >= 15 is 0 Å². The lowest BCUT2D eigenvalue weighted by Gasteiger charge is -2.46.